The summed E-state index contributed by atoms with van der Waals surface area (Å²) in [5.41, 5.74) is 0.931. The van der Waals surface area contributed by atoms with Gasteiger partial charge in [-0.3, -0.25) is 9.69 Å². The second kappa shape index (κ2) is 10.8. The summed E-state index contributed by atoms with van der Waals surface area (Å²) >= 11 is 5.89. The number of rotatable bonds is 7. The van der Waals surface area contributed by atoms with Crippen molar-refractivity contribution in [2.45, 2.75) is 12.2 Å². The molecule has 0 spiro atoms. The number of fused-ring (bicyclic) bond motifs is 2. The minimum atomic E-state index is -2.77. The van der Waals surface area contributed by atoms with Gasteiger partial charge in [-0.25, -0.2) is 14.4 Å². The summed E-state index contributed by atoms with van der Waals surface area (Å²) < 4.78 is 52.8. The number of nitrogens with zero attached hydrogens (tertiary/aromatic N) is 3. The zero-order chi connectivity index (χ0) is 27.6. The fraction of sp³-hybridized carbons (Fsp3) is 0.320. The van der Waals surface area contributed by atoms with Crippen molar-refractivity contribution in [1.29, 1.82) is 0 Å². The number of amides is 1. The number of anilines is 3. The van der Waals surface area contributed by atoms with E-state index in [4.69, 9.17) is 29.9 Å². The van der Waals surface area contributed by atoms with E-state index >= 15 is 0 Å². The van der Waals surface area contributed by atoms with Crippen LogP contribution in [-0.2, 0) is 14.3 Å². The largest absolute Gasteiger partial charge is 0.494 e. The minimum absolute atomic E-state index is 0.0362. The number of ether oxygens (including phenoxy) is 3. The molecule has 0 bridgehead atoms. The van der Waals surface area contributed by atoms with Gasteiger partial charge in [-0.05, 0) is 24.3 Å². The van der Waals surface area contributed by atoms with Crippen LogP contribution in [0.1, 0.15) is 4.11 Å². The number of carbonyl (C=O) groups is 1. The van der Waals surface area contributed by atoms with Crippen LogP contribution in [0.5, 0.6) is 5.75 Å². The van der Waals surface area contributed by atoms with E-state index in [1.54, 1.807) is 6.08 Å². The zero-order valence-electron chi connectivity index (χ0n) is 22.0. The summed E-state index contributed by atoms with van der Waals surface area (Å²) in [5.74, 6) is -0.805. The number of hydrogen-bond acceptors (Lipinski definition) is 8. The van der Waals surface area contributed by atoms with Crippen molar-refractivity contribution in [1.82, 2.24) is 14.9 Å². The minimum Gasteiger partial charge on any atom is -0.494 e. The molecule has 2 fully saturated rings. The summed E-state index contributed by atoms with van der Waals surface area (Å²) in [7, 11) is -2.77. The smallest absolute Gasteiger partial charge is 0.248 e. The first-order valence-electron chi connectivity index (χ1n) is 12.8. The zero-order valence-corrected chi connectivity index (χ0v) is 19.8. The number of carbonyl (C=O) groups excluding carboxylic acids is 1. The lowest BCUT2D eigenvalue weighted by molar-refractivity contribution is -0.116. The molecule has 2 aromatic carbocycles. The van der Waals surface area contributed by atoms with E-state index in [-0.39, 0.29) is 28.7 Å². The molecule has 9 nitrogen and oxygen atoms in total. The normalized spacial score (nSPS) is 21.6. The molecule has 2 aliphatic rings. The molecule has 3 heterocycles. The highest BCUT2D eigenvalue weighted by Gasteiger charge is 2.35. The molecule has 2 atom stereocenters. The molecule has 2 saturated heterocycles. The average molecular weight is 517 g/mol. The summed E-state index contributed by atoms with van der Waals surface area (Å²) in [6.45, 7) is 3.12. The molecule has 3 aromatic rings. The van der Waals surface area contributed by atoms with Gasteiger partial charge in [0.2, 0.25) is 5.91 Å². The molecule has 2 N–H and O–H groups in total. The van der Waals surface area contributed by atoms with E-state index in [0.717, 1.165) is 0 Å². The number of halogens is 2. The maximum Gasteiger partial charge on any atom is 0.248 e. The Balaban J connectivity index is 1.36. The molecule has 188 valence electrons. The molecule has 5 rings (SSSR count). The van der Waals surface area contributed by atoms with E-state index < -0.39 is 18.8 Å². The van der Waals surface area contributed by atoms with E-state index in [2.05, 4.69) is 25.5 Å². The molecule has 0 saturated carbocycles. The van der Waals surface area contributed by atoms with Crippen molar-refractivity contribution in [3.05, 3.63) is 59.7 Å². The second-order valence-corrected chi connectivity index (χ2v) is 8.78. The highest BCUT2D eigenvalue weighted by molar-refractivity contribution is 6.31. The Kier molecular flexibility index (Phi) is 6.22. The predicted octanol–water partition coefficient (Wildman–Crippen LogP) is 3.77. The maximum atomic E-state index is 13.6. The van der Waals surface area contributed by atoms with Crippen molar-refractivity contribution < 1.29 is 27.5 Å². The van der Waals surface area contributed by atoms with Crippen LogP contribution in [0.2, 0.25) is 5.02 Å². The average Bonchev–Trinajstić information content (AvgIpc) is 3.29. The van der Waals surface area contributed by atoms with Gasteiger partial charge in [-0.1, -0.05) is 17.7 Å². The van der Waals surface area contributed by atoms with Crippen molar-refractivity contribution >= 4 is 45.6 Å². The number of hydrogen-bond donors (Lipinski definition) is 2. The predicted molar refractivity (Wildman–Crippen MR) is 134 cm³/mol. The second-order valence-electron chi connectivity index (χ2n) is 8.37. The van der Waals surface area contributed by atoms with Crippen molar-refractivity contribution in [2.24, 2.45) is 0 Å². The van der Waals surface area contributed by atoms with E-state index in [1.165, 1.54) is 42.7 Å². The molecular formula is C25H25ClFN5O4. The van der Waals surface area contributed by atoms with Gasteiger partial charge in [0.15, 0.2) is 0 Å². The van der Waals surface area contributed by atoms with Crippen molar-refractivity contribution in [3.8, 4) is 5.75 Å². The molecule has 1 aromatic heterocycles. The summed E-state index contributed by atoms with van der Waals surface area (Å²) in [4.78, 5) is 23.3. The molecule has 36 heavy (non-hydrogen) atoms. The van der Waals surface area contributed by atoms with Gasteiger partial charge in [0.1, 0.15) is 23.7 Å². The number of benzene rings is 2. The van der Waals surface area contributed by atoms with Crippen LogP contribution in [-0.4, -0.2) is 72.9 Å². The summed E-state index contributed by atoms with van der Waals surface area (Å²) in [6.07, 6.45) is 4.43. The molecular weight excluding hydrogens is 489 g/mol. The SMILES string of the molecule is [2H]C([2H])([2H])Oc1cc2ncnc(Nc3ccc(F)c(Cl)c3)c2cc1NC(=O)/C=C/CN1C[C@@H]2OCCO[C@@H]2C1. The lowest BCUT2D eigenvalue weighted by atomic mass is 10.1. The number of aromatic nitrogens is 2. The molecule has 11 heteroatoms. The van der Waals surface area contributed by atoms with Crippen molar-refractivity contribution in [2.75, 3.05) is 50.5 Å². The van der Waals surface area contributed by atoms with Crippen LogP contribution < -0.4 is 15.4 Å². The van der Waals surface area contributed by atoms with Crippen LogP contribution in [0, 0.1) is 5.82 Å². The van der Waals surface area contributed by atoms with Gasteiger partial charge in [0.05, 0.1) is 52.8 Å². The van der Waals surface area contributed by atoms with Crippen LogP contribution >= 0.6 is 11.6 Å². The van der Waals surface area contributed by atoms with E-state index in [9.17, 15) is 9.18 Å². The highest BCUT2D eigenvalue weighted by atomic mass is 35.5. The van der Waals surface area contributed by atoms with Crippen LogP contribution in [0.3, 0.4) is 0 Å². The fourth-order valence-electron chi connectivity index (χ4n) is 4.25. The van der Waals surface area contributed by atoms with E-state index in [0.29, 0.717) is 55.3 Å². The lowest BCUT2D eigenvalue weighted by Crippen LogP contribution is -2.36. The monoisotopic (exact) mass is 516 g/mol. The Bertz CT molecular complexity index is 1400. The van der Waals surface area contributed by atoms with E-state index in [1.807, 2.05) is 0 Å². The number of likely N-dealkylation sites (tertiary alicyclic amines) is 1. The van der Waals surface area contributed by atoms with Gasteiger partial charge in [0.25, 0.3) is 0 Å². The molecule has 2 aliphatic heterocycles. The fourth-order valence-corrected chi connectivity index (χ4v) is 4.43. The Morgan fingerprint density at radius 1 is 1.28 bits per heavy atom. The van der Waals surface area contributed by atoms with Gasteiger partial charge in [0, 0.05) is 42.9 Å². The van der Waals surface area contributed by atoms with Crippen LogP contribution in [0.25, 0.3) is 10.9 Å². The quantitative estimate of drug-likeness (QED) is 0.458. The highest BCUT2D eigenvalue weighted by Crippen LogP contribution is 2.33. The topological polar surface area (TPSA) is 97.8 Å². The van der Waals surface area contributed by atoms with Gasteiger partial charge < -0.3 is 24.8 Å². The third-order valence-electron chi connectivity index (χ3n) is 5.96. The standard InChI is InChI=1S/C25H25ClFN5O4/c1-34-21-11-19-16(25(29-14-28-19)30-15-4-5-18(27)17(26)9-15)10-20(21)31-24(33)3-2-6-32-12-22-23(13-32)36-8-7-35-22/h2-5,9-11,14,22-23H,6-8,12-13H2,1H3,(H,31,33)(H,28,29,30)/b3-2+/t22-,23+/i1D3. The van der Waals surface area contributed by atoms with Gasteiger partial charge in [-0.15, -0.1) is 0 Å². The number of methoxy groups -OCH3 is 1. The molecule has 0 aliphatic carbocycles. The first-order chi connectivity index (χ1) is 18.6. The maximum absolute atomic E-state index is 13.6. The lowest BCUT2D eigenvalue weighted by Gasteiger charge is -2.24. The third kappa shape index (κ3) is 5.41. The number of nitrogens with one attached hydrogen (secondary N) is 2. The Morgan fingerprint density at radius 2 is 2.08 bits per heavy atom. The molecule has 0 radical (unpaired) electrons. The first kappa shape index (κ1) is 20.8. The Morgan fingerprint density at radius 3 is 2.83 bits per heavy atom. The third-order valence-corrected chi connectivity index (χ3v) is 6.25. The Labute approximate surface area is 216 Å². The summed E-state index contributed by atoms with van der Waals surface area (Å²) in [5, 5.41) is 6.11. The van der Waals surface area contributed by atoms with Crippen molar-refractivity contribution in [3.63, 3.8) is 0 Å². The molecule has 1 amide bonds. The van der Waals surface area contributed by atoms with Crippen LogP contribution in [0.15, 0.2) is 48.8 Å². The van der Waals surface area contributed by atoms with Gasteiger partial charge >= 0.3 is 0 Å². The first-order valence-corrected chi connectivity index (χ1v) is 11.7. The van der Waals surface area contributed by atoms with Crippen LogP contribution in [0.4, 0.5) is 21.6 Å². The Hall–Kier alpha value is -3.31. The summed E-state index contributed by atoms with van der Waals surface area (Å²) in [6, 6.07) is 7.01. The molecule has 0 unspecified atom stereocenters. The van der Waals surface area contributed by atoms with Gasteiger partial charge in [-0.2, -0.15) is 0 Å².